The van der Waals surface area contributed by atoms with Crippen molar-refractivity contribution in [3.63, 3.8) is 0 Å². The van der Waals surface area contributed by atoms with Crippen molar-refractivity contribution < 1.29 is 23.8 Å². The summed E-state index contributed by atoms with van der Waals surface area (Å²) >= 11 is 6.80. The fourth-order valence-corrected chi connectivity index (χ4v) is 3.57. The summed E-state index contributed by atoms with van der Waals surface area (Å²) in [6.45, 7) is 1.98. The maximum atomic E-state index is 12.2. The van der Waals surface area contributed by atoms with E-state index < -0.39 is 5.97 Å². The van der Waals surface area contributed by atoms with Crippen molar-refractivity contribution in [2.75, 3.05) is 25.6 Å². The van der Waals surface area contributed by atoms with Gasteiger partial charge in [0.1, 0.15) is 0 Å². The zero-order chi connectivity index (χ0) is 21.7. The van der Waals surface area contributed by atoms with Crippen molar-refractivity contribution in [3.05, 3.63) is 50.4 Å². The van der Waals surface area contributed by atoms with Crippen LogP contribution in [-0.4, -0.2) is 44.1 Å². The standard InChI is InChI=1S/C20H17Br2N3O5/c1-3-29-16-7-11(6-14(22)19(16)30-10-17(26)28-2)9-23-25-18-13-8-12(21)4-5-15(13)24-20(18)27/h4-9H,3,10H2,1-2H3,(H,24,25,27)/b23-9-. The largest absolute Gasteiger partial charge is 0.490 e. The normalized spacial score (nSPS) is 14.0. The smallest absolute Gasteiger partial charge is 0.343 e. The third-order valence-electron chi connectivity index (χ3n) is 3.96. The van der Waals surface area contributed by atoms with E-state index in [0.717, 1.165) is 4.47 Å². The molecule has 2 aromatic rings. The summed E-state index contributed by atoms with van der Waals surface area (Å²) in [5.41, 5.74) is 2.25. The Hall–Kier alpha value is -2.72. The van der Waals surface area contributed by atoms with E-state index in [0.29, 0.717) is 39.4 Å². The number of hydrogen-bond donors (Lipinski definition) is 1. The van der Waals surface area contributed by atoms with Gasteiger partial charge in [-0.2, -0.15) is 5.10 Å². The molecule has 1 N–H and O–H groups in total. The predicted octanol–water partition coefficient (Wildman–Crippen LogP) is 3.94. The molecular formula is C20H17Br2N3O5. The van der Waals surface area contributed by atoms with Gasteiger partial charge in [0.25, 0.3) is 5.91 Å². The van der Waals surface area contributed by atoms with Crippen LogP contribution in [0.4, 0.5) is 5.69 Å². The van der Waals surface area contributed by atoms with Crippen molar-refractivity contribution in [3.8, 4) is 11.5 Å². The van der Waals surface area contributed by atoms with Gasteiger partial charge in [0.2, 0.25) is 0 Å². The van der Waals surface area contributed by atoms with Crippen molar-refractivity contribution >= 4 is 61.4 Å². The summed E-state index contributed by atoms with van der Waals surface area (Å²) < 4.78 is 17.1. The van der Waals surface area contributed by atoms with E-state index >= 15 is 0 Å². The van der Waals surface area contributed by atoms with Crippen molar-refractivity contribution in [2.45, 2.75) is 6.92 Å². The molecule has 0 spiro atoms. The first-order valence-corrected chi connectivity index (χ1v) is 10.4. The van der Waals surface area contributed by atoms with E-state index in [1.165, 1.54) is 13.3 Å². The number of benzene rings is 2. The first-order chi connectivity index (χ1) is 14.4. The van der Waals surface area contributed by atoms with Gasteiger partial charge in [-0.05, 0) is 58.7 Å². The first-order valence-electron chi connectivity index (χ1n) is 8.81. The highest BCUT2D eigenvalue weighted by Gasteiger charge is 2.26. The molecular weight excluding hydrogens is 522 g/mol. The number of carbonyl (C=O) groups is 2. The highest BCUT2D eigenvalue weighted by atomic mass is 79.9. The molecule has 156 valence electrons. The third kappa shape index (κ3) is 5.06. The van der Waals surface area contributed by atoms with E-state index in [1.807, 2.05) is 13.0 Å². The Morgan fingerprint density at radius 2 is 2.00 bits per heavy atom. The number of esters is 1. The first kappa shape index (κ1) is 22.0. The highest BCUT2D eigenvalue weighted by molar-refractivity contribution is 9.10. The van der Waals surface area contributed by atoms with Crippen LogP contribution in [0.25, 0.3) is 0 Å². The topological polar surface area (TPSA) is 98.6 Å². The molecule has 1 aliphatic heterocycles. The van der Waals surface area contributed by atoms with Crippen LogP contribution in [-0.2, 0) is 14.3 Å². The molecule has 2 aromatic carbocycles. The second-order valence-corrected chi connectivity index (χ2v) is 7.74. The molecule has 30 heavy (non-hydrogen) atoms. The molecule has 10 heteroatoms. The lowest BCUT2D eigenvalue weighted by atomic mass is 10.1. The molecule has 1 amide bonds. The van der Waals surface area contributed by atoms with E-state index in [-0.39, 0.29) is 18.2 Å². The Morgan fingerprint density at radius 3 is 2.73 bits per heavy atom. The Kier molecular flexibility index (Phi) is 7.22. The molecule has 8 nitrogen and oxygen atoms in total. The molecule has 0 saturated heterocycles. The Labute approximate surface area is 189 Å². The van der Waals surface area contributed by atoms with Gasteiger partial charge >= 0.3 is 5.97 Å². The monoisotopic (exact) mass is 537 g/mol. The maximum Gasteiger partial charge on any atom is 0.343 e. The quantitative estimate of drug-likeness (QED) is 0.327. The molecule has 0 radical (unpaired) electrons. The van der Waals surface area contributed by atoms with Gasteiger partial charge in [-0.1, -0.05) is 15.9 Å². The van der Waals surface area contributed by atoms with Gasteiger partial charge in [-0.15, -0.1) is 5.10 Å². The fraction of sp³-hybridized carbons (Fsp3) is 0.200. The summed E-state index contributed by atoms with van der Waals surface area (Å²) in [5.74, 6) is -0.0204. The summed E-state index contributed by atoms with van der Waals surface area (Å²) in [4.78, 5) is 23.5. The number of methoxy groups -OCH3 is 1. The molecule has 0 fully saturated rings. The minimum absolute atomic E-state index is 0.227. The van der Waals surface area contributed by atoms with Crippen LogP contribution in [0.2, 0.25) is 0 Å². The van der Waals surface area contributed by atoms with Gasteiger partial charge in [-0.25, -0.2) is 4.79 Å². The number of nitrogens with zero attached hydrogens (tertiary/aromatic N) is 2. The number of nitrogens with one attached hydrogen (secondary N) is 1. The van der Waals surface area contributed by atoms with Gasteiger partial charge in [-0.3, -0.25) is 4.79 Å². The van der Waals surface area contributed by atoms with Gasteiger partial charge < -0.3 is 19.5 Å². The van der Waals surface area contributed by atoms with Crippen LogP contribution >= 0.6 is 31.9 Å². The number of carbonyl (C=O) groups excluding carboxylic acids is 2. The Balaban J connectivity index is 1.85. The summed E-state index contributed by atoms with van der Waals surface area (Å²) in [7, 11) is 1.28. The minimum Gasteiger partial charge on any atom is -0.490 e. The summed E-state index contributed by atoms with van der Waals surface area (Å²) in [6, 6.07) is 8.87. The molecule has 0 bridgehead atoms. The average Bonchev–Trinajstić information content (AvgIpc) is 3.02. The summed E-state index contributed by atoms with van der Waals surface area (Å²) in [5, 5.41) is 10.9. The van der Waals surface area contributed by atoms with E-state index in [2.05, 4.69) is 52.1 Å². The van der Waals surface area contributed by atoms with Crippen LogP contribution in [0.15, 0.2) is 49.5 Å². The number of hydrogen-bond acceptors (Lipinski definition) is 7. The lowest BCUT2D eigenvalue weighted by molar-refractivity contribution is -0.142. The fourth-order valence-electron chi connectivity index (χ4n) is 2.63. The van der Waals surface area contributed by atoms with E-state index in [9.17, 15) is 9.59 Å². The SMILES string of the molecule is CCOc1cc(/C=N\N=C2\C(=O)Nc3ccc(Br)cc32)cc(Br)c1OCC(=O)OC. The minimum atomic E-state index is -0.507. The number of ether oxygens (including phenoxy) is 3. The highest BCUT2D eigenvalue weighted by Crippen LogP contribution is 2.36. The van der Waals surface area contributed by atoms with Gasteiger partial charge in [0.15, 0.2) is 23.8 Å². The van der Waals surface area contributed by atoms with Crippen LogP contribution in [0.1, 0.15) is 18.1 Å². The number of rotatable bonds is 7. The Bertz CT molecular complexity index is 1050. The number of anilines is 1. The van der Waals surface area contributed by atoms with Crippen molar-refractivity contribution in [1.29, 1.82) is 0 Å². The van der Waals surface area contributed by atoms with Crippen LogP contribution in [0.5, 0.6) is 11.5 Å². The lowest BCUT2D eigenvalue weighted by Gasteiger charge is -2.13. The molecule has 3 rings (SSSR count). The summed E-state index contributed by atoms with van der Waals surface area (Å²) in [6.07, 6.45) is 1.49. The third-order valence-corrected chi connectivity index (χ3v) is 5.04. The molecule has 0 saturated carbocycles. The molecule has 1 heterocycles. The van der Waals surface area contributed by atoms with Crippen LogP contribution in [0, 0.1) is 0 Å². The molecule has 1 aliphatic rings. The Morgan fingerprint density at radius 1 is 1.20 bits per heavy atom. The second-order valence-electron chi connectivity index (χ2n) is 5.97. The maximum absolute atomic E-state index is 12.2. The molecule has 0 aromatic heterocycles. The van der Waals surface area contributed by atoms with Crippen molar-refractivity contribution in [1.82, 2.24) is 0 Å². The molecule has 0 unspecified atom stereocenters. The number of fused-ring (bicyclic) bond motifs is 1. The van der Waals surface area contributed by atoms with Gasteiger partial charge in [0.05, 0.1) is 30.1 Å². The molecule has 0 atom stereocenters. The molecule has 0 aliphatic carbocycles. The van der Waals surface area contributed by atoms with E-state index in [1.54, 1.807) is 24.3 Å². The lowest BCUT2D eigenvalue weighted by Crippen LogP contribution is -2.14. The number of halogens is 2. The van der Waals surface area contributed by atoms with Crippen LogP contribution in [0.3, 0.4) is 0 Å². The van der Waals surface area contributed by atoms with E-state index in [4.69, 9.17) is 9.47 Å². The zero-order valence-electron chi connectivity index (χ0n) is 16.1. The van der Waals surface area contributed by atoms with Gasteiger partial charge in [0, 0.05) is 10.0 Å². The zero-order valence-corrected chi connectivity index (χ0v) is 19.2. The number of amides is 1. The second kappa shape index (κ2) is 9.86. The predicted molar refractivity (Wildman–Crippen MR) is 120 cm³/mol. The van der Waals surface area contributed by atoms with Crippen LogP contribution < -0.4 is 14.8 Å². The van der Waals surface area contributed by atoms with Crippen molar-refractivity contribution in [2.24, 2.45) is 10.2 Å². The average molecular weight is 539 g/mol.